The third-order valence-electron chi connectivity index (χ3n) is 6.52. The summed E-state index contributed by atoms with van der Waals surface area (Å²) in [6.07, 6.45) is 31.6. The van der Waals surface area contributed by atoms with E-state index in [0.29, 0.717) is 12.2 Å². The van der Waals surface area contributed by atoms with Crippen LogP contribution in [0.2, 0.25) is 0 Å². The second-order valence-corrected chi connectivity index (χ2v) is 12.0. The number of ether oxygens (including phenoxy) is 3. The van der Waals surface area contributed by atoms with Gasteiger partial charge in [-0.3, -0.25) is 4.79 Å². The lowest BCUT2D eigenvalue weighted by Gasteiger charge is -1.94. The van der Waals surface area contributed by atoms with E-state index >= 15 is 0 Å². The van der Waals surface area contributed by atoms with Gasteiger partial charge in [-0.2, -0.15) is 0 Å². The summed E-state index contributed by atoms with van der Waals surface area (Å²) in [5.41, 5.74) is 0. The fraction of sp³-hybridized carbons (Fsp3) is 0.933. The van der Waals surface area contributed by atoms with E-state index in [1.54, 1.807) is 14.2 Å². The molecule has 0 aromatic rings. The Balaban J connectivity index is -0.0000000655. The third kappa shape index (κ3) is 152. The molecule has 0 unspecified atom stereocenters. The molecule has 0 aliphatic heterocycles. The minimum absolute atomic E-state index is 0.377. The van der Waals surface area contributed by atoms with Gasteiger partial charge in [0.25, 0.3) is 0 Å². The average Bonchev–Trinajstić information content (AvgIpc) is 3.12. The topological polar surface area (TPSA) is 44.8 Å². The zero-order valence-corrected chi connectivity index (χ0v) is 37.7. The molecule has 0 aliphatic carbocycles. The highest BCUT2D eigenvalue weighted by atomic mass is 16.5. The van der Waals surface area contributed by atoms with Crippen molar-refractivity contribution in [1.29, 1.82) is 0 Å². The highest BCUT2D eigenvalue weighted by molar-refractivity contribution is 5.77. The molecule has 0 fully saturated rings. The van der Waals surface area contributed by atoms with Crippen LogP contribution in [0.3, 0.4) is 0 Å². The van der Waals surface area contributed by atoms with Crippen molar-refractivity contribution >= 4 is 5.78 Å². The number of ketones is 1. The van der Waals surface area contributed by atoms with Gasteiger partial charge in [0, 0.05) is 53.5 Å². The van der Waals surface area contributed by atoms with E-state index in [1.807, 2.05) is 27.7 Å². The molecular weight excluding hydrogens is 604 g/mol. The van der Waals surface area contributed by atoms with Gasteiger partial charge in [-0.05, 0) is 46.0 Å². The summed E-state index contributed by atoms with van der Waals surface area (Å²) in [6.45, 7) is 33.6. The molecule has 0 saturated heterocycles. The van der Waals surface area contributed by atoms with Crippen LogP contribution in [-0.2, 0) is 19.0 Å². The summed E-state index contributed by atoms with van der Waals surface area (Å²) in [5, 5.41) is 0. The van der Waals surface area contributed by atoms with Crippen LogP contribution in [0.5, 0.6) is 0 Å². The molecule has 4 nitrogen and oxygen atoms in total. The number of Topliss-reactive ketones (excluding diaryl/α,β-unsaturated/α-hetero) is 1. The van der Waals surface area contributed by atoms with Gasteiger partial charge in [0.05, 0.1) is 0 Å². The first-order valence-corrected chi connectivity index (χ1v) is 21.4. The van der Waals surface area contributed by atoms with E-state index in [4.69, 9.17) is 14.2 Å². The van der Waals surface area contributed by atoms with Gasteiger partial charge in [0.2, 0.25) is 0 Å². The molecule has 0 saturated carbocycles. The Bertz CT molecular complexity index is 387. The van der Waals surface area contributed by atoms with E-state index in [9.17, 15) is 4.79 Å². The Morgan fingerprint density at radius 2 is 0.796 bits per heavy atom. The lowest BCUT2D eigenvalue weighted by molar-refractivity contribution is -0.118. The molecule has 0 aliphatic rings. The molecule has 0 N–H and O–H groups in total. The van der Waals surface area contributed by atoms with Gasteiger partial charge >= 0.3 is 0 Å². The van der Waals surface area contributed by atoms with Crippen LogP contribution in [0.1, 0.15) is 238 Å². The SMILES string of the molecule is C/C=C/CC.CCCC(=O)CC.CCCCC.CCCCCC.CCCCCC.CCCCCOC.CCCCOC.CCCCOCC. The largest absolute Gasteiger partial charge is 0.385 e. The Hall–Kier alpha value is -0.710. The van der Waals surface area contributed by atoms with E-state index < -0.39 is 0 Å². The zero-order chi connectivity index (χ0) is 39.5. The van der Waals surface area contributed by atoms with Crippen LogP contribution in [0, 0.1) is 0 Å². The lowest BCUT2D eigenvalue weighted by atomic mass is 10.2. The summed E-state index contributed by atoms with van der Waals surface area (Å²) in [7, 11) is 3.48. The number of hydrogen-bond acceptors (Lipinski definition) is 4. The van der Waals surface area contributed by atoms with Crippen molar-refractivity contribution in [1.82, 2.24) is 0 Å². The zero-order valence-electron chi connectivity index (χ0n) is 37.7. The van der Waals surface area contributed by atoms with E-state index in [1.165, 1.54) is 116 Å². The van der Waals surface area contributed by atoms with E-state index in [2.05, 4.69) is 81.4 Å². The fourth-order valence-electron chi connectivity index (χ4n) is 3.22. The maximum Gasteiger partial charge on any atom is 0.132 e. The highest BCUT2D eigenvalue weighted by Crippen LogP contribution is 1.96. The number of unbranched alkanes of at least 4 members (excludes halogenated alkanes) is 12. The molecule has 49 heavy (non-hydrogen) atoms. The second-order valence-electron chi connectivity index (χ2n) is 12.0. The van der Waals surface area contributed by atoms with Gasteiger partial charge in [-0.15, -0.1) is 0 Å². The maximum absolute atomic E-state index is 10.4. The molecule has 0 atom stereocenters. The lowest BCUT2D eigenvalue weighted by Crippen LogP contribution is -1.91. The molecule has 0 amide bonds. The van der Waals surface area contributed by atoms with Gasteiger partial charge < -0.3 is 14.2 Å². The molecule has 0 radical (unpaired) electrons. The number of methoxy groups -OCH3 is 2. The number of rotatable bonds is 23. The summed E-state index contributed by atoms with van der Waals surface area (Å²) >= 11 is 0. The molecule has 0 spiro atoms. The van der Waals surface area contributed by atoms with Crippen molar-refractivity contribution < 1.29 is 19.0 Å². The molecule has 0 bridgehead atoms. The standard InChI is InChI=1S/2C6H14O.C6H12O.2C6H14.C5H12O.C5H12.C5H10/c1-3-4-5-6-7-2;1-3-5-6-7-4-2;1-3-5-6(7)4-2;2*1-3-5-6-4-2;1-3-4-5-6-2;2*1-3-5-4-2/h2*3-6H2,1-2H3;3-5H2,1-2H3;2*3-6H2,1-2H3;3-5H2,1-2H3;3-5H2,1-2H3;3,5H,4H2,1-2H3/b;;;;;;;5-3+. The molecule has 0 rings (SSSR count). The molecule has 306 valence electrons. The minimum atomic E-state index is 0.377. The van der Waals surface area contributed by atoms with Gasteiger partial charge in [0.1, 0.15) is 5.78 Å². The highest BCUT2D eigenvalue weighted by Gasteiger charge is 1.91. The first-order chi connectivity index (χ1) is 23.7. The molecule has 0 heterocycles. The van der Waals surface area contributed by atoms with Crippen molar-refractivity contribution in [2.75, 3.05) is 40.6 Å². The summed E-state index contributed by atoms with van der Waals surface area (Å²) < 4.78 is 14.7. The first kappa shape index (κ1) is 66.5. The van der Waals surface area contributed by atoms with E-state index in [-0.39, 0.29) is 0 Å². The second kappa shape index (κ2) is 91.4. The summed E-state index contributed by atoms with van der Waals surface area (Å²) in [5.74, 6) is 0.377. The Morgan fingerprint density at radius 1 is 0.449 bits per heavy atom. The van der Waals surface area contributed by atoms with Gasteiger partial charge in [0.15, 0.2) is 0 Å². The van der Waals surface area contributed by atoms with E-state index in [0.717, 1.165) is 45.7 Å². The fourth-order valence-corrected chi connectivity index (χ4v) is 3.22. The Morgan fingerprint density at radius 3 is 0.980 bits per heavy atom. The van der Waals surface area contributed by atoms with Crippen LogP contribution in [0.4, 0.5) is 0 Å². The van der Waals surface area contributed by atoms with Crippen LogP contribution < -0.4 is 0 Å². The van der Waals surface area contributed by atoms with Crippen LogP contribution >= 0.6 is 0 Å². The smallest absolute Gasteiger partial charge is 0.132 e. The quantitative estimate of drug-likeness (QED) is 0.0784. The summed E-state index contributed by atoms with van der Waals surface area (Å²) in [4.78, 5) is 10.4. The predicted molar refractivity (Wildman–Crippen MR) is 230 cm³/mol. The molecule has 4 heteroatoms. The number of allylic oxidation sites excluding steroid dienone is 2. The molecule has 0 aromatic carbocycles. The average molecular weight is 707 g/mol. The van der Waals surface area contributed by atoms with Gasteiger partial charge in [-0.25, -0.2) is 0 Å². The van der Waals surface area contributed by atoms with Crippen molar-refractivity contribution in [2.24, 2.45) is 0 Å². The van der Waals surface area contributed by atoms with Crippen LogP contribution in [-0.4, -0.2) is 46.4 Å². The van der Waals surface area contributed by atoms with Crippen LogP contribution in [0.15, 0.2) is 12.2 Å². The Kier molecular flexibility index (Phi) is 124. The van der Waals surface area contributed by atoms with Crippen LogP contribution in [0.25, 0.3) is 0 Å². The molecular formula is C45H102O4. The minimum Gasteiger partial charge on any atom is -0.385 e. The first-order valence-electron chi connectivity index (χ1n) is 21.4. The monoisotopic (exact) mass is 707 g/mol. The number of hydrogen-bond donors (Lipinski definition) is 0. The predicted octanol–water partition coefficient (Wildman–Crippen LogP) is 16.2. The maximum atomic E-state index is 10.4. The number of carbonyl (C=O) groups is 1. The Labute approximate surface area is 315 Å². The normalized spacial score (nSPS) is 9.14. The van der Waals surface area contributed by atoms with Crippen molar-refractivity contribution in [3.8, 4) is 0 Å². The summed E-state index contributed by atoms with van der Waals surface area (Å²) in [6, 6.07) is 0. The van der Waals surface area contributed by atoms with Crippen molar-refractivity contribution in [3.63, 3.8) is 0 Å². The van der Waals surface area contributed by atoms with Gasteiger partial charge in [-0.1, -0.05) is 192 Å². The van der Waals surface area contributed by atoms with Crippen molar-refractivity contribution in [2.45, 2.75) is 238 Å². The number of carbonyl (C=O) groups excluding carboxylic acids is 1. The molecule has 0 aromatic heterocycles. The van der Waals surface area contributed by atoms with Crippen molar-refractivity contribution in [3.05, 3.63) is 12.2 Å². The third-order valence-corrected chi connectivity index (χ3v) is 6.52.